The van der Waals surface area contributed by atoms with Crippen LogP contribution in [0.3, 0.4) is 0 Å². The fourth-order valence-electron chi connectivity index (χ4n) is 2.71. The van der Waals surface area contributed by atoms with Crippen molar-refractivity contribution in [2.24, 2.45) is 0 Å². The van der Waals surface area contributed by atoms with Crippen molar-refractivity contribution in [1.82, 2.24) is 10.1 Å². The van der Waals surface area contributed by atoms with Crippen molar-refractivity contribution in [2.45, 2.75) is 44.1 Å². The number of carbonyl (C=O) groups is 2. The Morgan fingerprint density at radius 3 is 2.41 bits per heavy atom. The summed E-state index contributed by atoms with van der Waals surface area (Å²) in [7, 11) is 1.44. The average Bonchev–Trinajstić information content (AvgIpc) is 3.34. The van der Waals surface area contributed by atoms with Gasteiger partial charge in [0, 0.05) is 29.1 Å². The molecule has 1 atom stereocenters. The van der Waals surface area contributed by atoms with Gasteiger partial charge in [-0.1, -0.05) is 25.9 Å². The van der Waals surface area contributed by atoms with Crippen LogP contribution in [0.2, 0.25) is 0 Å². The van der Waals surface area contributed by atoms with Crippen LogP contribution in [0, 0.1) is 5.82 Å². The van der Waals surface area contributed by atoms with E-state index in [0.29, 0.717) is 34.3 Å². The molecule has 0 aliphatic carbocycles. The fraction of sp³-hybridized carbons (Fsp3) is 0.360. The molecule has 9 heteroatoms. The minimum absolute atomic E-state index is 0.0158. The third-order valence-corrected chi connectivity index (χ3v) is 5.41. The Bertz CT molecular complexity index is 1070. The fourth-order valence-corrected chi connectivity index (χ4v) is 3.16. The zero-order valence-corrected chi connectivity index (χ0v) is 20.7. The van der Waals surface area contributed by atoms with E-state index in [2.05, 4.69) is 14.9 Å². The van der Waals surface area contributed by atoms with Gasteiger partial charge in [0.05, 0.1) is 0 Å². The van der Waals surface area contributed by atoms with Crippen LogP contribution in [-0.4, -0.2) is 48.3 Å². The number of hydrogen-bond donors (Lipinski definition) is 0. The first kappa shape index (κ1) is 27.2. The minimum atomic E-state index is -0.404. The molecule has 0 amide bonds. The van der Waals surface area contributed by atoms with E-state index >= 15 is 0 Å². The Labute approximate surface area is 203 Å². The largest absolute Gasteiger partial charge is 0.483 e. The molecule has 1 aromatic heterocycles. The molecule has 3 rings (SSSR count). The van der Waals surface area contributed by atoms with Crippen LogP contribution in [0.1, 0.15) is 49.4 Å². The Morgan fingerprint density at radius 1 is 1.21 bits per heavy atom. The number of halogens is 1. The van der Waals surface area contributed by atoms with Gasteiger partial charge >= 0.3 is 0 Å². The van der Waals surface area contributed by atoms with E-state index in [1.807, 2.05) is 32.9 Å². The third kappa shape index (κ3) is 7.78. The van der Waals surface area contributed by atoms with Crippen LogP contribution in [0.15, 0.2) is 51.9 Å². The lowest BCUT2D eigenvalue weighted by Gasteiger charge is -2.11. The predicted molar refractivity (Wildman–Crippen MR) is 129 cm³/mol. The molecule has 0 saturated heterocycles. The van der Waals surface area contributed by atoms with E-state index < -0.39 is 6.10 Å². The van der Waals surface area contributed by atoms with E-state index in [-0.39, 0.29) is 24.1 Å². The first-order chi connectivity index (χ1) is 16.3. The average molecular weight is 489 g/mol. The van der Waals surface area contributed by atoms with E-state index in [1.54, 1.807) is 30.5 Å². The predicted octanol–water partition coefficient (Wildman–Crippen LogP) is 5.59. The normalized spacial score (nSPS) is 11.5. The van der Waals surface area contributed by atoms with Crippen molar-refractivity contribution < 1.29 is 28.0 Å². The number of Topliss-reactive ketones (excluding diaryl/α,β-unsaturated/α-hetero) is 1. The van der Waals surface area contributed by atoms with Crippen molar-refractivity contribution in [1.29, 1.82) is 0 Å². The standard InChI is InChI=1S/C15H18N2O3.C10H11FO2S/c1-4-12(9-18)19-13-7-5-11(6-8-13)14-16-15(10(2)3)20-17-14;1-13-6-9(12)7-3-4-10(14-2)8(11)5-7/h5-10,12H,4H2,1-3H3;3-5H,6H2,1-2H3. The highest BCUT2D eigenvalue weighted by atomic mass is 32.2. The van der Waals surface area contributed by atoms with Gasteiger partial charge < -0.3 is 14.0 Å². The molecular weight excluding hydrogens is 459 g/mol. The van der Waals surface area contributed by atoms with Gasteiger partial charge in [0.25, 0.3) is 0 Å². The van der Waals surface area contributed by atoms with Crippen molar-refractivity contribution in [2.75, 3.05) is 20.0 Å². The van der Waals surface area contributed by atoms with Crippen molar-refractivity contribution >= 4 is 23.8 Å². The van der Waals surface area contributed by atoms with Crippen LogP contribution in [0.25, 0.3) is 11.4 Å². The molecule has 0 radical (unpaired) electrons. The Morgan fingerprint density at radius 2 is 1.91 bits per heavy atom. The lowest BCUT2D eigenvalue weighted by molar-refractivity contribution is -0.113. The summed E-state index contributed by atoms with van der Waals surface area (Å²) in [6.45, 7) is 5.88. The maximum absolute atomic E-state index is 13.2. The number of nitrogens with zero attached hydrogens (tertiary/aromatic N) is 2. The number of rotatable bonds is 10. The number of methoxy groups -OCH3 is 1. The van der Waals surface area contributed by atoms with E-state index in [0.717, 1.165) is 11.8 Å². The molecule has 0 spiro atoms. The molecule has 0 N–H and O–H groups in total. The number of benzene rings is 2. The number of aromatic nitrogens is 2. The molecule has 1 unspecified atom stereocenters. The monoisotopic (exact) mass is 488 g/mol. The van der Waals surface area contributed by atoms with Crippen molar-refractivity contribution in [3.63, 3.8) is 0 Å². The van der Waals surface area contributed by atoms with Crippen molar-refractivity contribution in [3.05, 3.63) is 59.7 Å². The minimum Gasteiger partial charge on any atom is -0.483 e. The zero-order valence-electron chi connectivity index (χ0n) is 19.9. The second-order valence-corrected chi connectivity index (χ2v) is 8.39. The molecule has 0 saturated carbocycles. The molecule has 7 nitrogen and oxygen atoms in total. The molecule has 3 aromatic rings. The van der Waals surface area contributed by atoms with Gasteiger partial charge in [0.15, 0.2) is 18.2 Å². The van der Waals surface area contributed by atoms with Crippen LogP contribution < -0.4 is 4.74 Å². The quantitative estimate of drug-likeness (QED) is 0.207. The van der Waals surface area contributed by atoms with Crippen LogP contribution >= 0.6 is 11.8 Å². The van der Waals surface area contributed by atoms with Gasteiger partial charge in [0.2, 0.25) is 11.7 Å². The second kappa shape index (κ2) is 13.6. The molecule has 0 bridgehead atoms. The summed E-state index contributed by atoms with van der Waals surface area (Å²) < 4.78 is 28.6. The van der Waals surface area contributed by atoms with Crippen LogP contribution in [0.4, 0.5) is 4.39 Å². The molecular formula is C25H29FN2O5S. The van der Waals surface area contributed by atoms with Gasteiger partial charge in [-0.15, -0.1) is 11.8 Å². The summed E-state index contributed by atoms with van der Waals surface area (Å²) in [6.07, 6.45) is 2.84. The Kier molecular flexibility index (Phi) is 10.9. The highest BCUT2D eigenvalue weighted by molar-refractivity contribution is 7.98. The smallest absolute Gasteiger partial charge is 0.229 e. The maximum atomic E-state index is 13.2. The van der Waals surface area contributed by atoms with E-state index in [9.17, 15) is 14.0 Å². The number of ketones is 1. The summed E-state index contributed by atoms with van der Waals surface area (Å²) >= 11 is 1.31. The summed E-state index contributed by atoms with van der Waals surface area (Å²) in [5.41, 5.74) is 1.20. The zero-order chi connectivity index (χ0) is 25.1. The molecule has 34 heavy (non-hydrogen) atoms. The number of thioether (sulfide) groups is 1. The molecule has 1 heterocycles. The maximum Gasteiger partial charge on any atom is 0.229 e. The van der Waals surface area contributed by atoms with Crippen molar-refractivity contribution in [3.8, 4) is 17.1 Å². The SMILES string of the molecule is CCC(C=O)Oc1ccc(-c2noc(C(C)C)n2)cc1.COCC(=O)c1ccc(SC)c(F)c1. The van der Waals surface area contributed by atoms with E-state index in [4.69, 9.17) is 9.26 Å². The number of hydrogen-bond acceptors (Lipinski definition) is 8. The molecule has 0 fully saturated rings. The first-order valence-electron chi connectivity index (χ1n) is 10.7. The third-order valence-electron chi connectivity index (χ3n) is 4.64. The van der Waals surface area contributed by atoms with Gasteiger partial charge in [-0.3, -0.25) is 9.59 Å². The lowest BCUT2D eigenvalue weighted by atomic mass is 10.1. The van der Waals surface area contributed by atoms with Gasteiger partial charge in [-0.2, -0.15) is 4.98 Å². The molecule has 0 aliphatic rings. The second-order valence-electron chi connectivity index (χ2n) is 7.54. The Hall–Kier alpha value is -3.04. The Balaban J connectivity index is 0.000000257. The van der Waals surface area contributed by atoms with Crippen LogP contribution in [-0.2, 0) is 9.53 Å². The number of carbonyl (C=O) groups excluding carboxylic acids is 2. The lowest BCUT2D eigenvalue weighted by Crippen LogP contribution is -2.16. The molecule has 182 valence electrons. The number of aldehydes is 1. The summed E-state index contributed by atoms with van der Waals surface area (Å²) in [5.74, 6) is 1.46. The van der Waals surface area contributed by atoms with Gasteiger partial charge in [-0.25, -0.2) is 4.39 Å². The molecule has 0 aliphatic heterocycles. The molecule has 2 aromatic carbocycles. The first-order valence-corrected chi connectivity index (χ1v) is 12.0. The van der Waals surface area contributed by atoms with Gasteiger partial charge in [0.1, 0.15) is 18.2 Å². The highest BCUT2D eigenvalue weighted by Crippen LogP contribution is 2.23. The van der Waals surface area contributed by atoms with Gasteiger partial charge in [-0.05, 0) is 55.1 Å². The van der Waals surface area contributed by atoms with E-state index in [1.165, 1.54) is 24.9 Å². The summed E-state index contributed by atoms with van der Waals surface area (Å²) in [4.78, 5) is 26.9. The summed E-state index contributed by atoms with van der Waals surface area (Å²) in [5, 5.41) is 3.95. The highest BCUT2D eigenvalue weighted by Gasteiger charge is 2.12. The number of ether oxygens (including phenoxy) is 2. The topological polar surface area (TPSA) is 91.5 Å². The van der Waals surface area contributed by atoms with Crippen LogP contribution in [0.5, 0.6) is 5.75 Å². The summed E-state index contributed by atoms with van der Waals surface area (Å²) in [6, 6.07) is 11.7.